The molecule has 4 aliphatic carbocycles. The van der Waals surface area contributed by atoms with Gasteiger partial charge in [0.2, 0.25) is 0 Å². The molecule has 0 aromatic carbocycles. The van der Waals surface area contributed by atoms with E-state index in [-0.39, 0.29) is 0 Å². The lowest BCUT2D eigenvalue weighted by molar-refractivity contribution is -0.128. The molecule has 7 atom stereocenters. The number of fused-ring (bicyclic) bond motifs is 5. The van der Waals surface area contributed by atoms with Crippen molar-refractivity contribution in [3.63, 3.8) is 0 Å². The van der Waals surface area contributed by atoms with E-state index in [0.29, 0.717) is 22.5 Å². The third kappa shape index (κ3) is 2.44. The monoisotopic (exact) mass is 316 g/mol. The van der Waals surface area contributed by atoms with Gasteiger partial charge in [-0.3, -0.25) is 4.79 Å². The first-order chi connectivity index (χ1) is 10.8. The fourth-order valence-electron chi connectivity index (χ4n) is 7.97. The standard InChI is InChI=1S/C22H36O/c1-14(23)19-7-8-20-18-6-5-15-13-21(2,3)11-9-16(15)17(18)10-12-22(19,20)4/h15-20H,5-13H2,1-4H3/t15-,16-,17+,18+,19+,20-,22+/m0/s1. The van der Waals surface area contributed by atoms with Gasteiger partial charge in [0.25, 0.3) is 0 Å². The van der Waals surface area contributed by atoms with Crippen LogP contribution in [0.2, 0.25) is 0 Å². The van der Waals surface area contributed by atoms with E-state index in [1.165, 1.54) is 57.8 Å². The van der Waals surface area contributed by atoms with Gasteiger partial charge in [-0.1, -0.05) is 20.8 Å². The summed E-state index contributed by atoms with van der Waals surface area (Å²) < 4.78 is 0. The van der Waals surface area contributed by atoms with Gasteiger partial charge < -0.3 is 0 Å². The van der Waals surface area contributed by atoms with E-state index >= 15 is 0 Å². The molecule has 0 aromatic heterocycles. The summed E-state index contributed by atoms with van der Waals surface area (Å²) in [5.41, 5.74) is 0.929. The van der Waals surface area contributed by atoms with Crippen LogP contribution in [0, 0.1) is 46.3 Å². The summed E-state index contributed by atoms with van der Waals surface area (Å²) >= 11 is 0. The van der Waals surface area contributed by atoms with Crippen LogP contribution in [0.5, 0.6) is 0 Å². The zero-order chi connectivity index (χ0) is 16.4. The molecular weight excluding hydrogens is 280 g/mol. The fraction of sp³-hybridized carbons (Fsp3) is 0.955. The molecule has 4 saturated carbocycles. The zero-order valence-electron chi connectivity index (χ0n) is 15.7. The fourth-order valence-corrected chi connectivity index (χ4v) is 7.97. The van der Waals surface area contributed by atoms with Crippen molar-refractivity contribution in [3.8, 4) is 0 Å². The predicted molar refractivity (Wildman–Crippen MR) is 95.1 cm³/mol. The maximum Gasteiger partial charge on any atom is 0.133 e. The summed E-state index contributed by atoms with van der Waals surface area (Å²) in [7, 11) is 0. The van der Waals surface area contributed by atoms with Crippen LogP contribution >= 0.6 is 0 Å². The summed E-state index contributed by atoms with van der Waals surface area (Å²) in [4.78, 5) is 12.2. The van der Waals surface area contributed by atoms with Crippen LogP contribution in [0.25, 0.3) is 0 Å². The Labute approximate surface area is 143 Å². The Balaban J connectivity index is 1.56. The quantitative estimate of drug-likeness (QED) is 0.591. The summed E-state index contributed by atoms with van der Waals surface area (Å²) in [6.45, 7) is 9.30. The largest absolute Gasteiger partial charge is 0.300 e. The molecule has 0 radical (unpaired) electrons. The van der Waals surface area contributed by atoms with Crippen molar-refractivity contribution in [3.05, 3.63) is 0 Å². The molecule has 1 heteroatoms. The minimum Gasteiger partial charge on any atom is -0.300 e. The Hall–Kier alpha value is -0.330. The number of Topliss-reactive ketones (excluding diaryl/α,β-unsaturated/α-hetero) is 1. The maximum absolute atomic E-state index is 12.2. The van der Waals surface area contributed by atoms with E-state index in [4.69, 9.17) is 0 Å². The Morgan fingerprint density at radius 3 is 2.30 bits per heavy atom. The Morgan fingerprint density at radius 1 is 0.826 bits per heavy atom. The number of carbonyl (C=O) groups excluding carboxylic acids is 1. The summed E-state index contributed by atoms with van der Waals surface area (Å²) in [5, 5.41) is 0. The highest BCUT2D eigenvalue weighted by Crippen LogP contribution is 2.65. The Bertz CT molecular complexity index is 492. The highest BCUT2D eigenvalue weighted by atomic mass is 16.1. The summed E-state index contributed by atoms with van der Waals surface area (Å²) in [5.74, 6) is 5.66. The molecular formula is C22H36O. The first-order valence-electron chi connectivity index (χ1n) is 10.3. The van der Waals surface area contributed by atoms with Gasteiger partial charge in [0.1, 0.15) is 5.78 Å². The van der Waals surface area contributed by atoms with E-state index in [9.17, 15) is 4.79 Å². The van der Waals surface area contributed by atoms with E-state index in [0.717, 1.165) is 29.6 Å². The lowest BCUT2D eigenvalue weighted by atomic mass is 9.48. The molecule has 0 bridgehead atoms. The molecule has 0 N–H and O–H groups in total. The van der Waals surface area contributed by atoms with Crippen molar-refractivity contribution in [1.29, 1.82) is 0 Å². The second-order valence-electron chi connectivity index (χ2n) is 10.6. The molecule has 130 valence electrons. The SMILES string of the molecule is CC(=O)[C@H]1CC[C@H]2[C@@H]3CC[C@H]4CC(C)(C)CC[C@@H]4[C@H]3CC[C@]12C. The molecule has 1 nitrogen and oxygen atoms in total. The first kappa shape index (κ1) is 16.2. The molecule has 4 fully saturated rings. The minimum absolute atomic E-state index is 0.341. The van der Waals surface area contributed by atoms with E-state index < -0.39 is 0 Å². The second kappa shape index (κ2) is 5.33. The predicted octanol–water partition coefficient (Wildman–Crippen LogP) is 5.87. The van der Waals surface area contributed by atoms with E-state index in [1.807, 2.05) is 6.92 Å². The molecule has 0 unspecified atom stereocenters. The normalized spacial score (nSPS) is 51.5. The second-order valence-corrected chi connectivity index (χ2v) is 10.6. The molecule has 0 aliphatic heterocycles. The average molecular weight is 317 g/mol. The molecule has 0 spiro atoms. The third-order valence-electron chi connectivity index (χ3n) is 8.98. The maximum atomic E-state index is 12.2. The van der Waals surface area contributed by atoms with E-state index in [1.54, 1.807) is 0 Å². The Morgan fingerprint density at radius 2 is 1.57 bits per heavy atom. The topological polar surface area (TPSA) is 17.1 Å². The van der Waals surface area contributed by atoms with Crippen molar-refractivity contribution in [2.45, 2.75) is 85.5 Å². The number of rotatable bonds is 1. The summed E-state index contributed by atoms with van der Waals surface area (Å²) in [6.07, 6.45) is 12.6. The highest BCUT2D eigenvalue weighted by molar-refractivity contribution is 5.79. The van der Waals surface area contributed by atoms with Gasteiger partial charge in [0.15, 0.2) is 0 Å². The summed E-state index contributed by atoms with van der Waals surface area (Å²) in [6, 6.07) is 0. The van der Waals surface area contributed by atoms with Crippen LogP contribution in [0.15, 0.2) is 0 Å². The van der Waals surface area contributed by atoms with Gasteiger partial charge >= 0.3 is 0 Å². The van der Waals surface area contributed by atoms with Gasteiger partial charge in [-0.05, 0) is 105 Å². The average Bonchev–Trinajstić information content (AvgIpc) is 2.83. The van der Waals surface area contributed by atoms with Gasteiger partial charge in [-0.2, -0.15) is 0 Å². The van der Waals surface area contributed by atoms with Gasteiger partial charge in [0.05, 0.1) is 0 Å². The number of ketones is 1. The van der Waals surface area contributed by atoms with E-state index in [2.05, 4.69) is 20.8 Å². The minimum atomic E-state index is 0.341. The highest BCUT2D eigenvalue weighted by Gasteiger charge is 2.58. The molecule has 4 aliphatic rings. The van der Waals surface area contributed by atoms with Crippen molar-refractivity contribution >= 4 is 5.78 Å². The lowest BCUT2D eigenvalue weighted by Gasteiger charge is -2.57. The van der Waals surface area contributed by atoms with Crippen LogP contribution in [0.1, 0.15) is 85.5 Å². The smallest absolute Gasteiger partial charge is 0.133 e. The lowest BCUT2D eigenvalue weighted by Crippen LogP contribution is -2.49. The number of carbonyl (C=O) groups is 1. The van der Waals surface area contributed by atoms with Crippen molar-refractivity contribution in [2.75, 3.05) is 0 Å². The van der Waals surface area contributed by atoms with Crippen LogP contribution in [0.3, 0.4) is 0 Å². The van der Waals surface area contributed by atoms with Crippen molar-refractivity contribution in [2.24, 2.45) is 46.3 Å². The van der Waals surface area contributed by atoms with Crippen LogP contribution in [-0.2, 0) is 4.79 Å². The number of hydrogen-bond donors (Lipinski definition) is 0. The molecule has 0 saturated heterocycles. The first-order valence-corrected chi connectivity index (χ1v) is 10.3. The van der Waals surface area contributed by atoms with Crippen LogP contribution in [-0.4, -0.2) is 5.78 Å². The zero-order valence-corrected chi connectivity index (χ0v) is 15.7. The van der Waals surface area contributed by atoms with Gasteiger partial charge in [-0.15, -0.1) is 0 Å². The van der Waals surface area contributed by atoms with Crippen molar-refractivity contribution < 1.29 is 4.79 Å². The van der Waals surface area contributed by atoms with Crippen molar-refractivity contribution in [1.82, 2.24) is 0 Å². The van der Waals surface area contributed by atoms with Gasteiger partial charge in [-0.25, -0.2) is 0 Å². The molecule has 0 amide bonds. The van der Waals surface area contributed by atoms with Crippen LogP contribution < -0.4 is 0 Å². The Kier molecular flexibility index (Phi) is 3.75. The molecule has 23 heavy (non-hydrogen) atoms. The molecule has 0 aromatic rings. The van der Waals surface area contributed by atoms with Gasteiger partial charge in [0, 0.05) is 5.92 Å². The molecule has 4 rings (SSSR count). The third-order valence-corrected chi connectivity index (χ3v) is 8.98. The molecule has 0 heterocycles. The van der Waals surface area contributed by atoms with Crippen LogP contribution in [0.4, 0.5) is 0 Å². The number of hydrogen-bond acceptors (Lipinski definition) is 1.